The zero-order valence-corrected chi connectivity index (χ0v) is 15.5. The summed E-state index contributed by atoms with van der Waals surface area (Å²) in [6.07, 6.45) is 3.96. The number of carbonyl (C=O) groups excluding carboxylic acids is 1. The normalized spacial score (nSPS) is 31.6. The molecule has 27 heavy (non-hydrogen) atoms. The lowest BCUT2D eigenvalue weighted by Gasteiger charge is -2.51. The fourth-order valence-corrected chi connectivity index (χ4v) is 5.38. The highest BCUT2D eigenvalue weighted by Gasteiger charge is 2.54. The first-order chi connectivity index (χ1) is 13.3. The molecule has 2 aromatic rings. The van der Waals surface area contributed by atoms with Gasteiger partial charge in [-0.05, 0) is 61.7 Å². The largest absolute Gasteiger partial charge is 0.497 e. The number of hydrogen-bond donors (Lipinski definition) is 0. The van der Waals surface area contributed by atoms with Crippen LogP contribution in [0.5, 0.6) is 5.75 Å². The molecule has 4 aliphatic heterocycles. The van der Waals surface area contributed by atoms with Crippen LogP contribution in [0.3, 0.4) is 0 Å². The number of fused-ring (bicyclic) bond motifs is 2. The number of aromatic nitrogens is 2. The summed E-state index contributed by atoms with van der Waals surface area (Å²) in [4.78, 5) is 17.9. The Bertz CT molecular complexity index is 835. The van der Waals surface area contributed by atoms with Crippen molar-refractivity contribution in [3.8, 4) is 5.75 Å². The molecule has 0 spiro atoms. The van der Waals surface area contributed by atoms with Gasteiger partial charge in [0.2, 0.25) is 0 Å². The van der Waals surface area contributed by atoms with Crippen molar-refractivity contribution in [2.24, 2.45) is 5.92 Å². The van der Waals surface area contributed by atoms with Crippen LogP contribution in [-0.2, 0) is 0 Å². The lowest BCUT2D eigenvalue weighted by atomic mass is 9.75. The number of rotatable bonds is 3. The Morgan fingerprint density at radius 3 is 2.74 bits per heavy atom. The molecule has 6 rings (SSSR count). The Labute approximate surface area is 159 Å². The van der Waals surface area contributed by atoms with Gasteiger partial charge in [-0.1, -0.05) is 12.1 Å². The molecule has 1 aromatic heterocycles. The summed E-state index contributed by atoms with van der Waals surface area (Å²) in [5.41, 5.74) is 1.70. The standard InChI is InChI=1S/C21H24N4O2/c1-27-16-5-2-4-15(12-16)17-13-25(21(26)18-6-3-9-22-23-18)19-14-7-10-24(11-8-14)20(17)19/h2-6,9,12,14,17,19-20H,7-8,10-11,13H2,1H3/t17-,19-,20-/m1/s1. The molecule has 0 aliphatic carbocycles. The molecule has 0 unspecified atom stereocenters. The van der Waals surface area contributed by atoms with Crippen LogP contribution in [0.2, 0.25) is 0 Å². The fourth-order valence-electron chi connectivity index (χ4n) is 5.38. The molecule has 2 bridgehead atoms. The Balaban J connectivity index is 1.53. The maximum atomic E-state index is 13.3. The number of piperidine rings is 3. The monoisotopic (exact) mass is 364 g/mol. The Morgan fingerprint density at radius 2 is 2.00 bits per heavy atom. The summed E-state index contributed by atoms with van der Waals surface area (Å²) < 4.78 is 5.44. The Morgan fingerprint density at radius 1 is 1.15 bits per heavy atom. The topological polar surface area (TPSA) is 58.6 Å². The zero-order valence-electron chi connectivity index (χ0n) is 15.5. The summed E-state index contributed by atoms with van der Waals surface area (Å²) in [7, 11) is 1.70. The SMILES string of the molecule is COc1cccc([C@H]2CN(C(=O)c3cccnn3)[C@@H]3C4CCN(CC4)[C@H]23)c1. The van der Waals surface area contributed by atoms with Crippen LogP contribution in [0.25, 0.3) is 0 Å². The molecule has 4 aliphatic rings. The smallest absolute Gasteiger partial charge is 0.274 e. The number of nitrogens with zero attached hydrogens (tertiary/aromatic N) is 4. The van der Waals surface area contributed by atoms with E-state index in [-0.39, 0.29) is 11.9 Å². The number of likely N-dealkylation sites (tertiary alicyclic amines) is 1. The Kier molecular flexibility index (Phi) is 4.08. The third kappa shape index (κ3) is 2.70. The van der Waals surface area contributed by atoms with Gasteiger partial charge in [0.25, 0.3) is 5.91 Å². The van der Waals surface area contributed by atoms with Crippen molar-refractivity contribution in [2.75, 3.05) is 26.7 Å². The van der Waals surface area contributed by atoms with Crippen LogP contribution in [0.15, 0.2) is 42.6 Å². The van der Waals surface area contributed by atoms with Gasteiger partial charge in [-0.3, -0.25) is 9.69 Å². The molecule has 6 nitrogen and oxygen atoms in total. The van der Waals surface area contributed by atoms with Crippen LogP contribution < -0.4 is 4.74 Å². The predicted octanol–water partition coefficient (Wildman–Crippen LogP) is 2.19. The summed E-state index contributed by atoms with van der Waals surface area (Å²) in [6.45, 7) is 3.00. The number of carbonyl (C=O) groups is 1. The second-order valence-electron chi connectivity index (χ2n) is 7.80. The summed E-state index contributed by atoms with van der Waals surface area (Å²) in [6, 6.07) is 12.5. The van der Waals surface area contributed by atoms with E-state index in [2.05, 4.69) is 32.1 Å². The second-order valence-corrected chi connectivity index (χ2v) is 7.80. The zero-order chi connectivity index (χ0) is 18.4. The molecule has 1 aromatic carbocycles. The molecule has 3 atom stereocenters. The molecule has 4 saturated heterocycles. The van der Waals surface area contributed by atoms with Gasteiger partial charge in [-0.15, -0.1) is 5.10 Å². The van der Waals surface area contributed by atoms with Gasteiger partial charge >= 0.3 is 0 Å². The van der Waals surface area contributed by atoms with Crippen molar-refractivity contribution in [3.05, 3.63) is 53.9 Å². The quantitative estimate of drug-likeness (QED) is 0.836. The van der Waals surface area contributed by atoms with E-state index in [9.17, 15) is 4.79 Å². The van der Waals surface area contributed by atoms with Crippen LogP contribution in [-0.4, -0.2) is 64.7 Å². The minimum atomic E-state index is 0.0113. The van der Waals surface area contributed by atoms with E-state index in [1.165, 1.54) is 18.4 Å². The molecule has 0 N–H and O–H groups in total. The van der Waals surface area contributed by atoms with E-state index in [4.69, 9.17) is 4.74 Å². The van der Waals surface area contributed by atoms with Crippen molar-refractivity contribution >= 4 is 5.91 Å². The second kappa shape index (κ2) is 6.60. The molecule has 0 saturated carbocycles. The van der Waals surface area contributed by atoms with E-state index in [1.807, 2.05) is 12.1 Å². The van der Waals surface area contributed by atoms with Crippen molar-refractivity contribution < 1.29 is 9.53 Å². The maximum absolute atomic E-state index is 13.3. The molecule has 140 valence electrons. The predicted molar refractivity (Wildman–Crippen MR) is 101 cm³/mol. The van der Waals surface area contributed by atoms with E-state index < -0.39 is 0 Å². The number of hydrogen-bond acceptors (Lipinski definition) is 5. The van der Waals surface area contributed by atoms with Crippen LogP contribution in [0, 0.1) is 5.92 Å². The van der Waals surface area contributed by atoms with E-state index in [0.29, 0.717) is 23.6 Å². The van der Waals surface area contributed by atoms with Gasteiger partial charge in [-0.2, -0.15) is 5.10 Å². The number of amides is 1. The summed E-state index contributed by atoms with van der Waals surface area (Å²) in [5, 5.41) is 7.98. The van der Waals surface area contributed by atoms with Gasteiger partial charge in [0, 0.05) is 24.7 Å². The van der Waals surface area contributed by atoms with Crippen molar-refractivity contribution in [1.82, 2.24) is 20.0 Å². The molecular weight excluding hydrogens is 340 g/mol. The molecule has 6 heteroatoms. The molecule has 5 heterocycles. The molecule has 1 amide bonds. The van der Waals surface area contributed by atoms with Crippen molar-refractivity contribution in [3.63, 3.8) is 0 Å². The van der Waals surface area contributed by atoms with Crippen LogP contribution >= 0.6 is 0 Å². The molecular formula is C21H24N4O2. The first-order valence-corrected chi connectivity index (χ1v) is 9.73. The fraction of sp³-hybridized carbons (Fsp3) is 0.476. The number of ether oxygens (including phenoxy) is 1. The molecule has 4 fully saturated rings. The lowest BCUT2D eigenvalue weighted by molar-refractivity contribution is -0.00362. The Hall–Kier alpha value is -2.47. The lowest BCUT2D eigenvalue weighted by Crippen LogP contribution is -2.60. The van der Waals surface area contributed by atoms with Crippen LogP contribution in [0.1, 0.15) is 34.8 Å². The van der Waals surface area contributed by atoms with Gasteiger partial charge in [0.05, 0.1) is 13.2 Å². The van der Waals surface area contributed by atoms with E-state index >= 15 is 0 Å². The van der Waals surface area contributed by atoms with Gasteiger partial charge in [0.15, 0.2) is 5.69 Å². The minimum Gasteiger partial charge on any atom is -0.497 e. The highest BCUT2D eigenvalue weighted by molar-refractivity contribution is 5.92. The van der Waals surface area contributed by atoms with Gasteiger partial charge in [-0.25, -0.2) is 0 Å². The van der Waals surface area contributed by atoms with Gasteiger partial charge < -0.3 is 9.64 Å². The van der Waals surface area contributed by atoms with Gasteiger partial charge in [0.1, 0.15) is 5.75 Å². The minimum absolute atomic E-state index is 0.0113. The number of methoxy groups -OCH3 is 1. The summed E-state index contributed by atoms with van der Waals surface area (Å²) in [5.74, 6) is 1.76. The van der Waals surface area contributed by atoms with Crippen LogP contribution in [0.4, 0.5) is 0 Å². The number of benzene rings is 1. The summed E-state index contributed by atoms with van der Waals surface area (Å²) >= 11 is 0. The third-order valence-electron chi connectivity index (χ3n) is 6.57. The molecule has 0 radical (unpaired) electrons. The van der Waals surface area contributed by atoms with E-state index in [0.717, 1.165) is 25.4 Å². The first kappa shape index (κ1) is 16.7. The van der Waals surface area contributed by atoms with E-state index in [1.54, 1.807) is 25.4 Å². The highest BCUT2D eigenvalue weighted by atomic mass is 16.5. The first-order valence-electron chi connectivity index (χ1n) is 9.73. The average Bonchev–Trinajstić information content (AvgIpc) is 3.18. The average molecular weight is 364 g/mol. The van der Waals surface area contributed by atoms with Crippen molar-refractivity contribution in [2.45, 2.75) is 30.8 Å². The van der Waals surface area contributed by atoms with Crippen molar-refractivity contribution in [1.29, 1.82) is 0 Å². The highest BCUT2D eigenvalue weighted by Crippen LogP contribution is 2.47. The third-order valence-corrected chi connectivity index (χ3v) is 6.57. The maximum Gasteiger partial charge on any atom is 0.274 e.